The Kier molecular flexibility index (Phi) is 5.12. The van der Waals surface area contributed by atoms with Crippen LogP contribution in [-0.2, 0) is 16.0 Å². The SMILES string of the molecule is COC(=O)[C@@H](N)Cc1ccc(-c2ccc(N(C)C)nc2)cc1. The van der Waals surface area contributed by atoms with Crippen molar-refractivity contribution in [3.8, 4) is 11.1 Å². The van der Waals surface area contributed by atoms with E-state index in [0.29, 0.717) is 6.42 Å². The third-order valence-corrected chi connectivity index (χ3v) is 3.45. The third-order valence-electron chi connectivity index (χ3n) is 3.45. The van der Waals surface area contributed by atoms with Gasteiger partial charge in [-0.1, -0.05) is 24.3 Å². The number of pyridine rings is 1. The van der Waals surface area contributed by atoms with Gasteiger partial charge < -0.3 is 15.4 Å². The summed E-state index contributed by atoms with van der Waals surface area (Å²) in [6, 6.07) is 11.3. The number of ether oxygens (including phenoxy) is 1. The normalized spacial score (nSPS) is 11.8. The Balaban J connectivity index is 2.10. The number of esters is 1. The van der Waals surface area contributed by atoms with Gasteiger partial charge in [0.05, 0.1) is 7.11 Å². The van der Waals surface area contributed by atoms with Gasteiger partial charge in [-0.2, -0.15) is 0 Å². The Labute approximate surface area is 130 Å². The molecule has 0 saturated heterocycles. The fourth-order valence-electron chi connectivity index (χ4n) is 2.14. The lowest BCUT2D eigenvalue weighted by molar-refractivity contribution is -0.142. The molecule has 0 spiro atoms. The number of benzene rings is 1. The molecule has 0 amide bonds. The summed E-state index contributed by atoms with van der Waals surface area (Å²) in [5.74, 6) is 0.525. The fraction of sp³-hybridized carbons (Fsp3) is 0.294. The summed E-state index contributed by atoms with van der Waals surface area (Å²) >= 11 is 0. The van der Waals surface area contributed by atoms with E-state index < -0.39 is 12.0 Å². The molecule has 1 aromatic heterocycles. The molecule has 2 aromatic rings. The van der Waals surface area contributed by atoms with Gasteiger partial charge in [-0.15, -0.1) is 0 Å². The summed E-state index contributed by atoms with van der Waals surface area (Å²) in [6.07, 6.45) is 2.31. The van der Waals surface area contributed by atoms with Gasteiger partial charge in [0.15, 0.2) is 0 Å². The second-order valence-electron chi connectivity index (χ2n) is 5.33. The molecule has 0 aliphatic rings. The lowest BCUT2D eigenvalue weighted by Gasteiger charge is -2.12. The van der Waals surface area contributed by atoms with Crippen LogP contribution in [0.5, 0.6) is 0 Å². The number of anilines is 1. The highest BCUT2D eigenvalue weighted by atomic mass is 16.5. The Morgan fingerprint density at radius 3 is 2.32 bits per heavy atom. The second kappa shape index (κ2) is 7.04. The summed E-state index contributed by atoms with van der Waals surface area (Å²) in [4.78, 5) is 17.7. The molecular formula is C17H21N3O2. The minimum Gasteiger partial charge on any atom is -0.468 e. The molecule has 0 saturated carbocycles. The number of rotatable bonds is 5. The van der Waals surface area contributed by atoms with E-state index in [0.717, 1.165) is 22.5 Å². The molecule has 0 aliphatic heterocycles. The molecule has 2 rings (SSSR count). The molecule has 0 unspecified atom stereocenters. The van der Waals surface area contributed by atoms with E-state index in [9.17, 15) is 4.79 Å². The highest BCUT2D eigenvalue weighted by Gasteiger charge is 2.14. The van der Waals surface area contributed by atoms with Crippen LogP contribution < -0.4 is 10.6 Å². The highest BCUT2D eigenvalue weighted by molar-refractivity contribution is 5.75. The van der Waals surface area contributed by atoms with Crippen LogP contribution in [0, 0.1) is 0 Å². The first-order chi connectivity index (χ1) is 10.5. The number of methoxy groups -OCH3 is 1. The molecule has 22 heavy (non-hydrogen) atoms. The maximum Gasteiger partial charge on any atom is 0.322 e. The minimum atomic E-state index is -0.628. The van der Waals surface area contributed by atoms with E-state index in [-0.39, 0.29) is 0 Å². The predicted octanol–water partition coefficient (Wildman–Crippen LogP) is 1.86. The number of hydrogen-bond acceptors (Lipinski definition) is 5. The maximum absolute atomic E-state index is 11.3. The summed E-state index contributed by atoms with van der Waals surface area (Å²) in [5.41, 5.74) is 8.89. The van der Waals surface area contributed by atoms with Crippen molar-refractivity contribution in [1.29, 1.82) is 0 Å². The van der Waals surface area contributed by atoms with E-state index in [1.165, 1.54) is 7.11 Å². The van der Waals surface area contributed by atoms with E-state index in [1.54, 1.807) is 0 Å². The van der Waals surface area contributed by atoms with Crippen LogP contribution in [0.2, 0.25) is 0 Å². The Hall–Kier alpha value is -2.40. The van der Waals surface area contributed by atoms with E-state index in [1.807, 2.05) is 61.6 Å². The van der Waals surface area contributed by atoms with Crippen LogP contribution in [0.15, 0.2) is 42.6 Å². The number of nitrogens with two attached hydrogens (primary N) is 1. The summed E-state index contributed by atoms with van der Waals surface area (Å²) in [7, 11) is 5.26. The van der Waals surface area contributed by atoms with Crippen molar-refractivity contribution in [3.63, 3.8) is 0 Å². The topological polar surface area (TPSA) is 68.5 Å². The third kappa shape index (κ3) is 3.83. The molecular weight excluding hydrogens is 278 g/mol. The van der Waals surface area contributed by atoms with Crippen molar-refractivity contribution in [3.05, 3.63) is 48.2 Å². The monoisotopic (exact) mass is 299 g/mol. The van der Waals surface area contributed by atoms with Gasteiger partial charge in [0.2, 0.25) is 0 Å². The number of hydrogen-bond donors (Lipinski definition) is 1. The standard InChI is InChI=1S/C17H21N3O2/c1-20(2)16-9-8-14(11-19-16)13-6-4-12(5-7-13)10-15(18)17(21)22-3/h4-9,11,15H,10,18H2,1-3H3/t15-/m0/s1. The van der Waals surface area contributed by atoms with Crippen molar-refractivity contribution in [2.75, 3.05) is 26.1 Å². The first kappa shape index (κ1) is 16.0. The van der Waals surface area contributed by atoms with Crippen LogP contribution in [0.4, 0.5) is 5.82 Å². The van der Waals surface area contributed by atoms with Crippen LogP contribution >= 0.6 is 0 Å². The van der Waals surface area contributed by atoms with Gasteiger partial charge >= 0.3 is 5.97 Å². The molecule has 2 N–H and O–H groups in total. The van der Waals surface area contributed by atoms with Crippen LogP contribution in [-0.4, -0.2) is 38.2 Å². The zero-order chi connectivity index (χ0) is 16.1. The smallest absolute Gasteiger partial charge is 0.322 e. The molecule has 5 heteroatoms. The van der Waals surface area contributed by atoms with E-state index >= 15 is 0 Å². The maximum atomic E-state index is 11.3. The first-order valence-electron chi connectivity index (χ1n) is 7.07. The Bertz CT molecular complexity index is 621. The van der Waals surface area contributed by atoms with Crippen molar-refractivity contribution in [1.82, 2.24) is 4.98 Å². The molecule has 0 aliphatic carbocycles. The molecule has 1 heterocycles. The predicted molar refractivity (Wildman–Crippen MR) is 87.7 cm³/mol. The largest absolute Gasteiger partial charge is 0.468 e. The molecule has 1 atom stereocenters. The van der Waals surface area contributed by atoms with Crippen LogP contribution in [0.3, 0.4) is 0 Å². The molecule has 5 nitrogen and oxygen atoms in total. The van der Waals surface area contributed by atoms with Gasteiger partial charge in [0, 0.05) is 25.9 Å². The first-order valence-corrected chi connectivity index (χ1v) is 7.07. The summed E-state index contributed by atoms with van der Waals surface area (Å²) in [5, 5.41) is 0. The number of carbonyl (C=O) groups is 1. The van der Waals surface area contributed by atoms with Crippen LogP contribution in [0.25, 0.3) is 11.1 Å². The summed E-state index contributed by atoms with van der Waals surface area (Å²) in [6.45, 7) is 0. The number of nitrogens with zero attached hydrogens (tertiary/aromatic N) is 2. The van der Waals surface area contributed by atoms with Gasteiger partial charge in [0.25, 0.3) is 0 Å². The van der Waals surface area contributed by atoms with Crippen molar-refractivity contribution >= 4 is 11.8 Å². The molecule has 0 radical (unpaired) electrons. The fourth-order valence-corrected chi connectivity index (χ4v) is 2.14. The minimum absolute atomic E-state index is 0.396. The van der Waals surface area contributed by atoms with Crippen LogP contribution in [0.1, 0.15) is 5.56 Å². The average molecular weight is 299 g/mol. The van der Waals surface area contributed by atoms with Gasteiger partial charge in [-0.05, 0) is 29.7 Å². The zero-order valence-electron chi connectivity index (χ0n) is 13.1. The average Bonchev–Trinajstić information content (AvgIpc) is 2.54. The van der Waals surface area contributed by atoms with Crippen molar-refractivity contribution in [2.24, 2.45) is 5.73 Å². The lowest BCUT2D eigenvalue weighted by atomic mass is 10.0. The molecule has 1 aromatic carbocycles. The second-order valence-corrected chi connectivity index (χ2v) is 5.33. The van der Waals surface area contributed by atoms with Gasteiger partial charge in [-0.25, -0.2) is 4.98 Å². The highest BCUT2D eigenvalue weighted by Crippen LogP contribution is 2.21. The summed E-state index contributed by atoms with van der Waals surface area (Å²) < 4.78 is 4.63. The van der Waals surface area contributed by atoms with Gasteiger partial charge in [0.1, 0.15) is 11.9 Å². The molecule has 0 fully saturated rings. The Morgan fingerprint density at radius 2 is 1.82 bits per heavy atom. The Morgan fingerprint density at radius 1 is 1.18 bits per heavy atom. The lowest BCUT2D eigenvalue weighted by Crippen LogP contribution is -2.33. The van der Waals surface area contributed by atoms with Crippen molar-refractivity contribution < 1.29 is 9.53 Å². The molecule has 116 valence electrons. The van der Waals surface area contributed by atoms with E-state index in [2.05, 4.69) is 9.72 Å². The number of carbonyl (C=O) groups excluding carboxylic acids is 1. The van der Waals surface area contributed by atoms with Crippen molar-refractivity contribution in [2.45, 2.75) is 12.5 Å². The number of aromatic nitrogens is 1. The van der Waals surface area contributed by atoms with Gasteiger partial charge in [-0.3, -0.25) is 4.79 Å². The van der Waals surface area contributed by atoms with E-state index in [4.69, 9.17) is 5.73 Å². The zero-order valence-corrected chi connectivity index (χ0v) is 13.1. The quantitative estimate of drug-likeness (QED) is 0.853. The molecule has 0 bridgehead atoms.